The van der Waals surface area contributed by atoms with Gasteiger partial charge in [-0.15, -0.1) is 0 Å². The summed E-state index contributed by atoms with van der Waals surface area (Å²) in [6.07, 6.45) is 5.45. The lowest BCUT2D eigenvalue weighted by atomic mass is 10.0. The number of alkyl halides is 1. The lowest BCUT2D eigenvalue weighted by Gasteiger charge is -2.15. The zero-order valence-electron chi connectivity index (χ0n) is 20.3. The number of aryl methyl sites for hydroxylation is 2. The van der Waals surface area contributed by atoms with E-state index in [2.05, 4.69) is 6.92 Å². The molecular formula is C29H30FNO4S. The molecular weight excluding hydrogens is 477 g/mol. The molecule has 1 aliphatic heterocycles. The van der Waals surface area contributed by atoms with Gasteiger partial charge in [0.2, 0.25) is 0 Å². The van der Waals surface area contributed by atoms with Crippen molar-refractivity contribution in [1.29, 1.82) is 0 Å². The molecule has 188 valence electrons. The minimum Gasteiger partial charge on any atom is -0.493 e. The van der Waals surface area contributed by atoms with Crippen LogP contribution in [-0.2, 0) is 22.6 Å². The summed E-state index contributed by atoms with van der Waals surface area (Å²) in [6, 6.07) is 22.5. The Hall–Kier alpha value is -3.32. The molecule has 3 aromatic rings. The maximum atomic E-state index is 15.0. The Bertz CT molecular complexity index is 1200. The first-order valence-electron chi connectivity index (χ1n) is 12.3. The summed E-state index contributed by atoms with van der Waals surface area (Å²) in [6.45, 7) is 2.76. The van der Waals surface area contributed by atoms with E-state index in [9.17, 15) is 9.59 Å². The molecule has 1 fully saturated rings. The number of imide groups is 1. The van der Waals surface area contributed by atoms with Crippen LogP contribution in [0.2, 0.25) is 0 Å². The first-order valence-corrected chi connectivity index (χ1v) is 13.1. The van der Waals surface area contributed by atoms with Crippen molar-refractivity contribution >= 4 is 22.9 Å². The molecule has 0 aromatic heterocycles. The molecule has 1 aliphatic rings. The normalized spacial score (nSPS) is 17.2. The van der Waals surface area contributed by atoms with Gasteiger partial charge in [0, 0.05) is 5.56 Å². The molecule has 0 radical (unpaired) electrons. The van der Waals surface area contributed by atoms with Crippen LogP contribution < -0.4 is 14.8 Å². The van der Waals surface area contributed by atoms with Gasteiger partial charge < -0.3 is 9.47 Å². The van der Waals surface area contributed by atoms with E-state index in [1.54, 1.807) is 18.2 Å². The monoisotopic (exact) mass is 507 g/mol. The zero-order chi connectivity index (χ0) is 25.4. The van der Waals surface area contributed by atoms with Gasteiger partial charge in [-0.1, -0.05) is 55.8 Å². The Balaban J connectivity index is 1.25. The van der Waals surface area contributed by atoms with E-state index in [4.69, 9.17) is 9.47 Å². The summed E-state index contributed by atoms with van der Waals surface area (Å²) >= 11 is 0.386. The van der Waals surface area contributed by atoms with Gasteiger partial charge in [-0.3, -0.25) is 14.9 Å². The standard InChI is InChI=1S/C29H30FNO4S/c1-2-10-22-20-25(35-24-14-6-3-7-15-24)16-17-26(22)34-18-8-4-5-11-21-12-9-13-23(19-21)29(30)27(32)31-28(33)36-29/h3,6-7,9,12-17,19-20H,2,4-5,8,10-11,18H2,1H3,(H,31,32,33). The SMILES string of the molecule is CCCc1cc(Oc2ccccc2)ccc1OCCCCCc1cccc(C2(F)SC(=O)NC2=O)c1. The van der Waals surface area contributed by atoms with Gasteiger partial charge in [-0.05, 0) is 85.3 Å². The van der Waals surface area contributed by atoms with Crippen molar-refractivity contribution in [2.45, 2.75) is 50.4 Å². The molecule has 0 aliphatic carbocycles. The summed E-state index contributed by atoms with van der Waals surface area (Å²) in [5.74, 6) is 1.58. The van der Waals surface area contributed by atoms with Gasteiger partial charge in [-0.25, -0.2) is 4.39 Å². The number of amides is 2. The van der Waals surface area contributed by atoms with E-state index in [0.29, 0.717) is 18.4 Å². The van der Waals surface area contributed by atoms with Crippen molar-refractivity contribution in [3.05, 3.63) is 89.5 Å². The molecule has 1 atom stereocenters. The average Bonchev–Trinajstić information content (AvgIpc) is 3.15. The van der Waals surface area contributed by atoms with Crippen LogP contribution in [0, 0.1) is 0 Å². The van der Waals surface area contributed by atoms with Crippen molar-refractivity contribution in [2.75, 3.05) is 6.61 Å². The zero-order valence-corrected chi connectivity index (χ0v) is 21.1. The molecule has 3 aromatic carbocycles. The van der Waals surface area contributed by atoms with Crippen LogP contribution in [-0.4, -0.2) is 17.8 Å². The number of hydrogen-bond donors (Lipinski definition) is 1. The molecule has 1 saturated heterocycles. The van der Waals surface area contributed by atoms with E-state index in [1.165, 1.54) is 0 Å². The number of nitrogens with one attached hydrogen (secondary N) is 1. The molecule has 1 heterocycles. The van der Waals surface area contributed by atoms with Crippen LogP contribution in [0.25, 0.3) is 0 Å². The number of hydrogen-bond acceptors (Lipinski definition) is 5. The first-order chi connectivity index (χ1) is 17.5. The molecule has 1 unspecified atom stereocenters. The topological polar surface area (TPSA) is 64.6 Å². The molecule has 1 N–H and O–H groups in total. The van der Waals surface area contributed by atoms with Crippen LogP contribution in [0.4, 0.5) is 9.18 Å². The highest BCUT2D eigenvalue weighted by molar-refractivity contribution is 8.15. The van der Waals surface area contributed by atoms with Crippen LogP contribution in [0.3, 0.4) is 0 Å². The molecule has 0 bridgehead atoms. The molecule has 2 amide bonds. The fourth-order valence-corrected chi connectivity index (χ4v) is 4.92. The van der Waals surface area contributed by atoms with Crippen molar-refractivity contribution in [3.63, 3.8) is 0 Å². The van der Waals surface area contributed by atoms with E-state index < -0.39 is 16.1 Å². The largest absolute Gasteiger partial charge is 0.493 e. The Morgan fingerprint density at radius 3 is 2.47 bits per heavy atom. The smallest absolute Gasteiger partial charge is 0.289 e. The average molecular weight is 508 g/mol. The molecule has 0 spiro atoms. The predicted octanol–water partition coefficient (Wildman–Crippen LogP) is 7.33. The second kappa shape index (κ2) is 12.1. The Labute approximate surface area is 215 Å². The highest BCUT2D eigenvalue weighted by Crippen LogP contribution is 2.43. The highest BCUT2D eigenvalue weighted by atomic mass is 32.2. The van der Waals surface area contributed by atoms with E-state index in [-0.39, 0.29) is 5.56 Å². The molecule has 36 heavy (non-hydrogen) atoms. The molecule has 7 heteroatoms. The van der Waals surface area contributed by atoms with Gasteiger partial charge in [0.05, 0.1) is 6.61 Å². The second-order valence-electron chi connectivity index (χ2n) is 8.73. The fraction of sp³-hybridized carbons (Fsp3) is 0.310. The first kappa shape index (κ1) is 25.8. The number of carbonyl (C=O) groups is 2. The summed E-state index contributed by atoms with van der Waals surface area (Å²) in [7, 11) is 0. The quantitative estimate of drug-likeness (QED) is 0.260. The minimum atomic E-state index is -2.35. The Kier molecular flexibility index (Phi) is 8.65. The van der Waals surface area contributed by atoms with Crippen molar-refractivity contribution in [2.24, 2.45) is 0 Å². The molecule has 5 nitrogen and oxygen atoms in total. The van der Waals surface area contributed by atoms with Crippen molar-refractivity contribution in [1.82, 2.24) is 5.32 Å². The number of thioether (sulfide) groups is 1. The van der Waals surface area contributed by atoms with Gasteiger partial charge in [0.15, 0.2) is 0 Å². The second-order valence-corrected chi connectivity index (χ2v) is 9.87. The van der Waals surface area contributed by atoms with Crippen molar-refractivity contribution < 1.29 is 23.5 Å². The number of ether oxygens (including phenoxy) is 2. The highest BCUT2D eigenvalue weighted by Gasteiger charge is 2.50. The Morgan fingerprint density at radius 1 is 0.889 bits per heavy atom. The molecule has 0 saturated carbocycles. The number of benzene rings is 3. The van der Waals surface area contributed by atoms with Gasteiger partial charge in [-0.2, -0.15) is 0 Å². The van der Waals surface area contributed by atoms with Crippen LogP contribution >= 0.6 is 11.8 Å². The van der Waals surface area contributed by atoms with E-state index in [1.807, 2.05) is 59.9 Å². The third-order valence-corrected chi connectivity index (χ3v) is 6.93. The van der Waals surface area contributed by atoms with Gasteiger partial charge >= 0.3 is 0 Å². The predicted molar refractivity (Wildman–Crippen MR) is 140 cm³/mol. The van der Waals surface area contributed by atoms with Crippen LogP contribution in [0.5, 0.6) is 17.2 Å². The number of unbranched alkanes of at least 4 members (excludes halogenated alkanes) is 2. The minimum absolute atomic E-state index is 0.208. The number of halogens is 1. The maximum absolute atomic E-state index is 15.0. The van der Waals surface area contributed by atoms with Gasteiger partial charge in [0.1, 0.15) is 17.2 Å². The summed E-state index contributed by atoms with van der Waals surface area (Å²) in [4.78, 5) is 23.3. The number of para-hydroxylation sites is 1. The molecule has 4 rings (SSSR count). The van der Waals surface area contributed by atoms with E-state index >= 15 is 4.39 Å². The fourth-order valence-electron chi connectivity index (χ4n) is 4.13. The van der Waals surface area contributed by atoms with Crippen LogP contribution in [0.15, 0.2) is 72.8 Å². The lowest BCUT2D eigenvalue weighted by molar-refractivity contribution is -0.126. The summed E-state index contributed by atoms with van der Waals surface area (Å²) in [5, 5.41) is -0.987. The third-order valence-electron chi connectivity index (χ3n) is 5.94. The van der Waals surface area contributed by atoms with Crippen molar-refractivity contribution in [3.8, 4) is 17.2 Å². The third kappa shape index (κ3) is 6.46. The number of rotatable bonds is 12. The van der Waals surface area contributed by atoms with Crippen LogP contribution in [0.1, 0.15) is 49.3 Å². The number of carbonyl (C=O) groups excluding carboxylic acids is 2. The summed E-state index contributed by atoms with van der Waals surface area (Å²) < 4.78 is 27.1. The van der Waals surface area contributed by atoms with E-state index in [0.717, 1.165) is 66.9 Å². The maximum Gasteiger partial charge on any atom is 0.289 e. The summed E-state index contributed by atoms with van der Waals surface area (Å²) in [5.41, 5.74) is 2.28. The Morgan fingerprint density at radius 2 is 1.72 bits per heavy atom. The lowest BCUT2D eigenvalue weighted by Crippen LogP contribution is -2.30. The van der Waals surface area contributed by atoms with Gasteiger partial charge in [0.25, 0.3) is 16.1 Å².